The number of Topliss-reactive ketones (excluding diaryl/α,β-unsaturated/α-hetero) is 1. The number of halogens is 1. The van der Waals surface area contributed by atoms with Crippen LogP contribution in [0.5, 0.6) is 0 Å². The molecular formula is C27H20BrN3O3S2. The molecule has 1 aromatic heterocycles. The first-order valence-electron chi connectivity index (χ1n) is 11.1. The minimum absolute atomic E-state index is 0.0277. The van der Waals surface area contributed by atoms with Gasteiger partial charge in [-0.05, 0) is 30.2 Å². The molecule has 3 aromatic carbocycles. The van der Waals surface area contributed by atoms with Crippen LogP contribution in [-0.4, -0.2) is 27.0 Å². The van der Waals surface area contributed by atoms with Gasteiger partial charge in [-0.2, -0.15) is 0 Å². The number of rotatable bonds is 6. The monoisotopic (exact) mass is 577 g/mol. The van der Waals surface area contributed by atoms with Crippen LogP contribution in [0.4, 0.5) is 5.13 Å². The van der Waals surface area contributed by atoms with E-state index in [0.29, 0.717) is 26.4 Å². The van der Waals surface area contributed by atoms with Crippen LogP contribution in [0.1, 0.15) is 28.3 Å². The highest BCUT2D eigenvalue weighted by atomic mass is 79.9. The molecule has 180 valence electrons. The van der Waals surface area contributed by atoms with Gasteiger partial charge in [-0.15, -0.1) is 10.2 Å². The zero-order valence-electron chi connectivity index (χ0n) is 19.1. The number of benzene rings is 3. The zero-order valence-corrected chi connectivity index (χ0v) is 22.3. The third kappa shape index (κ3) is 4.86. The summed E-state index contributed by atoms with van der Waals surface area (Å²) in [6, 6.07) is 23.7. The van der Waals surface area contributed by atoms with Gasteiger partial charge in [0.25, 0.3) is 5.78 Å². The minimum Gasteiger partial charge on any atom is -0.507 e. The van der Waals surface area contributed by atoms with Gasteiger partial charge in [0.1, 0.15) is 5.76 Å². The molecule has 2 heterocycles. The van der Waals surface area contributed by atoms with E-state index in [0.717, 1.165) is 15.6 Å². The molecule has 0 spiro atoms. The Morgan fingerprint density at radius 2 is 1.69 bits per heavy atom. The van der Waals surface area contributed by atoms with Crippen molar-refractivity contribution in [1.82, 2.24) is 10.2 Å². The predicted molar refractivity (Wildman–Crippen MR) is 146 cm³/mol. The van der Waals surface area contributed by atoms with Crippen LogP contribution in [0.15, 0.2) is 93.2 Å². The molecule has 1 amide bonds. The molecule has 0 saturated carbocycles. The molecule has 0 bridgehead atoms. The Morgan fingerprint density at radius 3 is 2.39 bits per heavy atom. The summed E-state index contributed by atoms with van der Waals surface area (Å²) in [7, 11) is 0. The Hall–Kier alpha value is -3.27. The van der Waals surface area contributed by atoms with Gasteiger partial charge < -0.3 is 5.11 Å². The van der Waals surface area contributed by atoms with Gasteiger partial charge in [-0.1, -0.05) is 111 Å². The molecule has 1 atom stereocenters. The summed E-state index contributed by atoms with van der Waals surface area (Å²) in [6.07, 6.45) is 0. The number of aromatic nitrogens is 2. The number of anilines is 1. The molecule has 0 aliphatic carbocycles. The highest BCUT2D eigenvalue weighted by molar-refractivity contribution is 9.10. The van der Waals surface area contributed by atoms with E-state index in [1.165, 1.54) is 28.0 Å². The normalized spacial score (nSPS) is 17.1. The first kappa shape index (κ1) is 24.4. The van der Waals surface area contributed by atoms with Crippen LogP contribution < -0.4 is 4.90 Å². The van der Waals surface area contributed by atoms with E-state index in [1.807, 2.05) is 61.5 Å². The number of ketones is 1. The number of carbonyl (C=O) groups is 2. The molecule has 6 nitrogen and oxygen atoms in total. The average molecular weight is 579 g/mol. The Kier molecular flexibility index (Phi) is 7.04. The summed E-state index contributed by atoms with van der Waals surface area (Å²) in [5.41, 5.74) is 3.37. The zero-order chi connectivity index (χ0) is 25.2. The number of aryl methyl sites for hydroxylation is 1. The summed E-state index contributed by atoms with van der Waals surface area (Å²) < 4.78 is 1.52. The number of aliphatic hydroxyl groups excluding tert-OH is 1. The van der Waals surface area contributed by atoms with Crippen molar-refractivity contribution in [2.45, 2.75) is 23.1 Å². The first-order valence-corrected chi connectivity index (χ1v) is 13.7. The molecule has 36 heavy (non-hydrogen) atoms. The molecule has 5 rings (SSSR count). The minimum atomic E-state index is -0.825. The highest BCUT2D eigenvalue weighted by Crippen LogP contribution is 2.44. The molecular weight excluding hydrogens is 558 g/mol. The number of hydrogen-bond donors (Lipinski definition) is 1. The van der Waals surface area contributed by atoms with Crippen molar-refractivity contribution < 1.29 is 14.7 Å². The smallest absolute Gasteiger partial charge is 0.301 e. The standard InChI is InChI=1S/C27H20BrN3O3S2/c1-16-7-9-18(10-8-16)22-21(23(32)19-11-13-20(28)14-12-19)24(33)25(34)31(22)26-29-30-27(36-26)35-15-17-5-3-2-4-6-17/h2-14,22,32H,15H2,1H3/b23-21-. The van der Waals surface area contributed by atoms with Crippen molar-refractivity contribution in [2.75, 3.05) is 4.90 Å². The molecule has 4 aromatic rings. The first-order chi connectivity index (χ1) is 17.4. The number of amides is 1. The number of nitrogens with zero attached hydrogens (tertiary/aromatic N) is 3. The quantitative estimate of drug-likeness (QED) is 0.0922. The lowest BCUT2D eigenvalue weighted by atomic mass is 9.95. The van der Waals surface area contributed by atoms with Crippen molar-refractivity contribution in [3.05, 3.63) is 111 Å². The van der Waals surface area contributed by atoms with Crippen molar-refractivity contribution in [3.8, 4) is 0 Å². The third-order valence-electron chi connectivity index (χ3n) is 5.76. The average Bonchev–Trinajstić information content (AvgIpc) is 3.46. The van der Waals surface area contributed by atoms with Crippen molar-refractivity contribution >= 4 is 61.6 Å². The van der Waals surface area contributed by atoms with Gasteiger partial charge >= 0.3 is 5.91 Å². The molecule has 1 fully saturated rings. The van der Waals surface area contributed by atoms with E-state index in [-0.39, 0.29) is 11.3 Å². The van der Waals surface area contributed by atoms with Gasteiger partial charge in [0.15, 0.2) is 4.34 Å². The topological polar surface area (TPSA) is 83.4 Å². The van der Waals surface area contributed by atoms with E-state index in [2.05, 4.69) is 26.1 Å². The van der Waals surface area contributed by atoms with Gasteiger partial charge in [0, 0.05) is 15.8 Å². The number of carbonyl (C=O) groups excluding carboxylic acids is 2. The summed E-state index contributed by atoms with van der Waals surface area (Å²) in [5.74, 6) is -1.01. The number of hydrogen-bond acceptors (Lipinski definition) is 7. The van der Waals surface area contributed by atoms with Crippen LogP contribution in [-0.2, 0) is 15.3 Å². The molecule has 9 heteroatoms. The van der Waals surface area contributed by atoms with Gasteiger partial charge in [-0.25, -0.2) is 0 Å². The Morgan fingerprint density at radius 1 is 1.00 bits per heavy atom. The largest absolute Gasteiger partial charge is 0.507 e. The summed E-state index contributed by atoms with van der Waals surface area (Å²) in [6.45, 7) is 1.96. The Bertz CT molecular complexity index is 1450. The Labute approximate surface area is 224 Å². The van der Waals surface area contributed by atoms with Crippen LogP contribution in [0.25, 0.3) is 5.76 Å². The lowest BCUT2D eigenvalue weighted by Gasteiger charge is -2.22. The van der Waals surface area contributed by atoms with E-state index < -0.39 is 17.7 Å². The van der Waals surface area contributed by atoms with Gasteiger partial charge in [0.2, 0.25) is 5.13 Å². The van der Waals surface area contributed by atoms with Crippen LogP contribution in [0.2, 0.25) is 0 Å². The predicted octanol–water partition coefficient (Wildman–Crippen LogP) is 6.53. The second-order valence-electron chi connectivity index (χ2n) is 8.21. The fourth-order valence-corrected chi connectivity index (χ4v) is 6.02. The van der Waals surface area contributed by atoms with Gasteiger partial charge in [0.05, 0.1) is 11.6 Å². The van der Waals surface area contributed by atoms with E-state index in [4.69, 9.17) is 0 Å². The number of thioether (sulfide) groups is 1. The Balaban J connectivity index is 1.55. The third-order valence-corrected chi connectivity index (χ3v) is 8.42. The van der Waals surface area contributed by atoms with Gasteiger partial charge in [-0.3, -0.25) is 14.5 Å². The highest BCUT2D eigenvalue weighted by Gasteiger charge is 2.48. The van der Waals surface area contributed by atoms with Crippen molar-refractivity contribution in [2.24, 2.45) is 0 Å². The molecule has 0 radical (unpaired) electrons. The van der Waals surface area contributed by atoms with Crippen molar-refractivity contribution in [3.63, 3.8) is 0 Å². The van der Waals surface area contributed by atoms with Crippen molar-refractivity contribution in [1.29, 1.82) is 0 Å². The second kappa shape index (κ2) is 10.4. The molecule has 1 unspecified atom stereocenters. The molecule has 1 aliphatic rings. The molecule has 1 aliphatic heterocycles. The fraction of sp³-hybridized carbons (Fsp3) is 0.111. The molecule has 1 N–H and O–H groups in total. The summed E-state index contributed by atoms with van der Waals surface area (Å²) >= 11 is 6.15. The molecule has 1 saturated heterocycles. The van der Waals surface area contributed by atoms with Crippen LogP contribution >= 0.6 is 39.0 Å². The van der Waals surface area contributed by atoms with Crippen LogP contribution in [0, 0.1) is 6.92 Å². The second-order valence-corrected chi connectivity index (χ2v) is 11.3. The van der Waals surface area contributed by atoms with E-state index >= 15 is 0 Å². The lowest BCUT2D eigenvalue weighted by molar-refractivity contribution is -0.132. The SMILES string of the molecule is Cc1ccc(C2/C(=C(/O)c3ccc(Br)cc3)C(=O)C(=O)N2c2nnc(SCc3ccccc3)s2)cc1. The van der Waals surface area contributed by atoms with Crippen LogP contribution in [0.3, 0.4) is 0 Å². The maximum absolute atomic E-state index is 13.3. The maximum Gasteiger partial charge on any atom is 0.301 e. The number of aliphatic hydroxyl groups is 1. The lowest BCUT2D eigenvalue weighted by Crippen LogP contribution is -2.29. The summed E-state index contributed by atoms with van der Waals surface area (Å²) in [4.78, 5) is 27.9. The summed E-state index contributed by atoms with van der Waals surface area (Å²) in [5, 5.41) is 20.0. The fourth-order valence-electron chi connectivity index (χ4n) is 3.93. The van der Waals surface area contributed by atoms with E-state index in [1.54, 1.807) is 24.3 Å². The maximum atomic E-state index is 13.3. The van der Waals surface area contributed by atoms with E-state index in [9.17, 15) is 14.7 Å².